The van der Waals surface area contributed by atoms with E-state index in [1.54, 1.807) is 0 Å². The van der Waals surface area contributed by atoms with Crippen LogP contribution in [0.4, 0.5) is 0 Å². The Morgan fingerprint density at radius 3 is 2.19 bits per heavy atom. The monoisotopic (exact) mass is 353 g/mol. The van der Waals surface area contributed by atoms with E-state index in [1.165, 1.54) is 11.8 Å². The van der Waals surface area contributed by atoms with E-state index in [-0.39, 0.29) is 12.6 Å². The number of hydrogen-bond acceptors (Lipinski definition) is 4. The first kappa shape index (κ1) is 19.7. The number of carbonyl (C=O) groups is 1. The predicted octanol–water partition coefficient (Wildman–Crippen LogP) is 5.00. The minimum Gasteiger partial charge on any atom is -0.460 e. The van der Waals surface area contributed by atoms with Crippen LogP contribution in [0.2, 0.25) is 0 Å². The smallest absolute Gasteiger partial charge is 0.314 e. The van der Waals surface area contributed by atoms with Crippen molar-refractivity contribution in [3.05, 3.63) is 71.8 Å². The van der Waals surface area contributed by atoms with Gasteiger partial charge < -0.3 is 9.94 Å². The molecule has 2 aromatic rings. The van der Waals surface area contributed by atoms with E-state index in [1.807, 2.05) is 36.4 Å². The van der Waals surface area contributed by atoms with E-state index < -0.39 is 5.92 Å². The number of ether oxygens (including phenoxy) is 1. The molecule has 0 aromatic heterocycles. The molecule has 0 spiro atoms. The summed E-state index contributed by atoms with van der Waals surface area (Å²) in [7, 11) is 0. The Hall–Kier alpha value is -2.62. The van der Waals surface area contributed by atoms with Gasteiger partial charge in [-0.15, -0.1) is 5.16 Å². The molecule has 0 heterocycles. The third-order valence-corrected chi connectivity index (χ3v) is 4.35. The molecule has 1 N–H and O–H groups in total. The van der Waals surface area contributed by atoms with Gasteiger partial charge in [0.25, 0.3) is 0 Å². The summed E-state index contributed by atoms with van der Waals surface area (Å²) in [4.78, 5) is 12.2. The first-order chi connectivity index (χ1) is 12.8. The average molecular weight is 353 g/mol. The number of aryl methyl sites for hydroxylation is 1. The highest BCUT2D eigenvalue weighted by molar-refractivity contribution is 5.89. The molecule has 0 aliphatic heterocycles. The van der Waals surface area contributed by atoms with Crippen molar-refractivity contribution in [1.82, 2.24) is 0 Å². The van der Waals surface area contributed by atoms with Crippen LogP contribution in [0.25, 0.3) is 0 Å². The molecule has 0 bridgehead atoms. The summed E-state index contributed by atoms with van der Waals surface area (Å²) in [6.45, 7) is 0.243. The van der Waals surface area contributed by atoms with E-state index >= 15 is 0 Å². The van der Waals surface area contributed by atoms with Crippen molar-refractivity contribution in [1.29, 1.82) is 0 Å². The van der Waals surface area contributed by atoms with Crippen molar-refractivity contribution >= 4 is 12.2 Å². The van der Waals surface area contributed by atoms with Crippen LogP contribution in [-0.2, 0) is 22.6 Å². The van der Waals surface area contributed by atoms with E-state index in [0.717, 1.165) is 37.7 Å². The largest absolute Gasteiger partial charge is 0.460 e. The summed E-state index contributed by atoms with van der Waals surface area (Å²) >= 11 is 0. The molecular formula is C22H27NO3. The van der Waals surface area contributed by atoms with Gasteiger partial charge in [-0.05, 0) is 30.4 Å². The molecule has 0 amide bonds. The van der Waals surface area contributed by atoms with E-state index in [4.69, 9.17) is 9.94 Å². The third-order valence-electron chi connectivity index (χ3n) is 4.35. The van der Waals surface area contributed by atoms with E-state index in [2.05, 4.69) is 29.4 Å². The molecule has 0 aliphatic rings. The standard InChI is InChI=1S/C22H27NO3/c24-22(26-18-20-14-8-4-9-15-20)21(17-23-25)16-10-2-1-5-11-19-12-6-3-7-13-19/h3-4,6-9,12-15,17,21,25H,1-2,5,10-11,16,18H2/b23-17-. The number of esters is 1. The van der Waals surface area contributed by atoms with Gasteiger partial charge in [0.05, 0.1) is 12.1 Å². The third kappa shape index (κ3) is 7.51. The summed E-state index contributed by atoms with van der Waals surface area (Å²) in [6, 6.07) is 20.0. The molecular weight excluding hydrogens is 326 g/mol. The maximum Gasteiger partial charge on any atom is 0.314 e. The molecule has 4 nitrogen and oxygen atoms in total. The van der Waals surface area contributed by atoms with Crippen LogP contribution in [0, 0.1) is 5.92 Å². The SMILES string of the molecule is O=C(OCc1ccccc1)C(/C=N\O)CCCCCCc1ccccc1. The van der Waals surface area contributed by atoms with Crippen molar-refractivity contribution in [3.63, 3.8) is 0 Å². The van der Waals surface area contributed by atoms with Crippen molar-refractivity contribution in [3.8, 4) is 0 Å². The molecule has 1 unspecified atom stereocenters. The second-order valence-electron chi connectivity index (χ2n) is 6.40. The van der Waals surface area contributed by atoms with Crippen LogP contribution in [0.5, 0.6) is 0 Å². The van der Waals surface area contributed by atoms with Gasteiger partial charge >= 0.3 is 5.97 Å². The van der Waals surface area contributed by atoms with Gasteiger partial charge in [0.2, 0.25) is 0 Å². The fraction of sp³-hybridized carbons (Fsp3) is 0.364. The molecule has 0 radical (unpaired) electrons. The van der Waals surface area contributed by atoms with Crippen molar-refractivity contribution < 1.29 is 14.7 Å². The van der Waals surface area contributed by atoms with Gasteiger partial charge in [-0.25, -0.2) is 0 Å². The van der Waals surface area contributed by atoms with Crippen molar-refractivity contribution in [2.24, 2.45) is 11.1 Å². The Morgan fingerprint density at radius 2 is 1.54 bits per heavy atom. The lowest BCUT2D eigenvalue weighted by atomic mass is 10.0. The minimum absolute atomic E-state index is 0.243. The summed E-state index contributed by atoms with van der Waals surface area (Å²) in [5, 5.41) is 11.8. The van der Waals surface area contributed by atoms with Crippen molar-refractivity contribution in [2.45, 2.75) is 45.1 Å². The highest BCUT2D eigenvalue weighted by Crippen LogP contribution is 2.14. The second kappa shape index (κ2) is 11.9. The Labute approximate surface area is 155 Å². The predicted molar refractivity (Wildman–Crippen MR) is 103 cm³/mol. The fourth-order valence-electron chi connectivity index (χ4n) is 2.86. The summed E-state index contributed by atoms with van der Waals surface area (Å²) in [5.41, 5.74) is 2.31. The van der Waals surface area contributed by atoms with Gasteiger partial charge in [0, 0.05) is 0 Å². The summed E-state index contributed by atoms with van der Waals surface area (Å²) in [6.07, 6.45) is 7.22. The molecule has 0 fully saturated rings. The molecule has 2 rings (SSSR count). The Morgan fingerprint density at radius 1 is 0.923 bits per heavy atom. The molecule has 26 heavy (non-hydrogen) atoms. The zero-order valence-electron chi connectivity index (χ0n) is 15.1. The number of rotatable bonds is 11. The van der Waals surface area contributed by atoms with E-state index in [9.17, 15) is 4.79 Å². The lowest BCUT2D eigenvalue weighted by Gasteiger charge is -2.11. The minimum atomic E-state index is -0.488. The van der Waals surface area contributed by atoms with E-state index in [0.29, 0.717) is 6.42 Å². The topological polar surface area (TPSA) is 58.9 Å². The molecule has 0 aliphatic carbocycles. The van der Waals surface area contributed by atoms with Crippen LogP contribution in [0.3, 0.4) is 0 Å². The molecule has 1 atom stereocenters. The first-order valence-electron chi connectivity index (χ1n) is 9.21. The zero-order valence-corrected chi connectivity index (χ0v) is 15.1. The first-order valence-corrected chi connectivity index (χ1v) is 9.21. The number of nitrogens with zero attached hydrogens (tertiary/aromatic N) is 1. The Balaban J connectivity index is 1.64. The van der Waals surface area contributed by atoms with Gasteiger partial charge in [-0.2, -0.15) is 0 Å². The van der Waals surface area contributed by atoms with Crippen molar-refractivity contribution in [2.75, 3.05) is 0 Å². The molecule has 138 valence electrons. The zero-order chi connectivity index (χ0) is 18.5. The van der Waals surface area contributed by atoms with Crippen LogP contribution in [0.1, 0.15) is 43.2 Å². The van der Waals surface area contributed by atoms with Gasteiger partial charge in [0.15, 0.2) is 0 Å². The average Bonchev–Trinajstić information content (AvgIpc) is 2.69. The van der Waals surface area contributed by atoms with Gasteiger partial charge in [-0.1, -0.05) is 79.9 Å². The number of oxime groups is 1. The lowest BCUT2D eigenvalue weighted by Crippen LogP contribution is -2.19. The molecule has 4 heteroatoms. The molecule has 0 saturated heterocycles. The Bertz CT molecular complexity index is 656. The summed E-state index contributed by atoms with van der Waals surface area (Å²) < 4.78 is 5.34. The number of carbonyl (C=O) groups excluding carboxylic acids is 1. The second-order valence-corrected chi connectivity index (χ2v) is 6.40. The number of benzene rings is 2. The van der Waals surface area contributed by atoms with Gasteiger partial charge in [-0.3, -0.25) is 4.79 Å². The number of unbranched alkanes of at least 4 members (excludes halogenated alkanes) is 3. The maximum absolute atomic E-state index is 12.2. The van der Waals surface area contributed by atoms with Gasteiger partial charge in [0.1, 0.15) is 6.61 Å². The van der Waals surface area contributed by atoms with Crippen LogP contribution in [-0.4, -0.2) is 17.4 Å². The summed E-state index contributed by atoms with van der Waals surface area (Å²) in [5.74, 6) is -0.825. The van der Waals surface area contributed by atoms with Crippen LogP contribution in [0.15, 0.2) is 65.8 Å². The molecule has 0 saturated carbocycles. The Kier molecular flexibility index (Phi) is 8.98. The van der Waals surface area contributed by atoms with Crippen LogP contribution < -0.4 is 0 Å². The number of hydrogen-bond donors (Lipinski definition) is 1. The fourth-order valence-corrected chi connectivity index (χ4v) is 2.86. The highest BCUT2D eigenvalue weighted by Gasteiger charge is 2.18. The molecule has 2 aromatic carbocycles. The normalized spacial score (nSPS) is 12.2. The highest BCUT2D eigenvalue weighted by atomic mass is 16.5. The lowest BCUT2D eigenvalue weighted by molar-refractivity contribution is -0.147. The van der Waals surface area contributed by atoms with Crippen LogP contribution >= 0.6 is 0 Å². The quantitative estimate of drug-likeness (QED) is 0.203. The maximum atomic E-state index is 12.2.